The van der Waals surface area contributed by atoms with E-state index in [0.29, 0.717) is 17.5 Å². The largest absolute Gasteiger partial charge is 0.488 e. The first-order valence-electron chi connectivity index (χ1n) is 6.62. The molecule has 0 saturated carbocycles. The quantitative estimate of drug-likeness (QED) is 0.881. The SMILES string of the molecule is CCC(CNc1cncc(Cl)n1)Oc1ccccc1C. The van der Waals surface area contributed by atoms with Crippen molar-refractivity contribution >= 4 is 17.4 Å². The van der Waals surface area contributed by atoms with Gasteiger partial charge in [-0.25, -0.2) is 4.98 Å². The van der Waals surface area contributed by atoms with Crippen LogP contribution in [0.5, 0.6) is 5.75 Å². The molecule has 5 heteroatoms. The molecule has 0 radical (unpaired) electrons. The van der Waals surface area contributed by atoms with Gasteiger partial charge in [0.05, 0.1) is 18.9 Å². The third kappa shape index (κ3) is 4.10. The van der Waals surface area contributed by atoms with Crippen LogP contribution in [0.25, 0.3) is 0 Å². The van der Waals surface area contributed by atoms with E-state index in [-0.39, 0.29) is 6.10 Å². The van der Waals surface area contributed by atoms with Crippen LogP contribution in [0.1, 0.15) is 18.9 Å². The van der Waals surface area contributed by atoms with Gasteiger partial charge in [0.2, 0.25) is 0 Å². The first-order valence-corrected chi connectivity index (χ1v) is 7.00. The number of para-hydroxylation sites is 1. The summed E-state index contributed by atoms with van der Waals surface area (Å²) in [5.41, 5.74) is 1.13. The molecule has 1 atom stereocenters. The van der Waals surface area contributed by atoms with Crippen LogP contribution < -0.4 is 10.1 Å². The highest BCUT2D eigenvalue weighted by molar-refractivity contribution is 6.29. The summed E-state index contributed by atoms with van der Waals surface area (Å²) in [6.07, 6.45) is 4.12. The van der Waals surface area contributed by atoms with Crippen LogP contribution in [0, 0.1) is 6.92 Å². The van der Waals surface area contributed by atoms with Crippen molar-refractivity contribution in [3.63, 3.8) is 0 Å². The van der Waals surface area contributed by atoms with Gasteiger partial charge in [-0.15, -0.1) is 0 Å². The fraction of sp³-hybridized carbons (Fsp3) is 0.333. The second-order valence-electron chi connectivity index (χ2n) is 4.52. The van der Waals surface area contributed by atoms with Crippen molar-refractivity contribution < 1.29 is 4.74 Å². The van der Waals surface area contributed by atoms with Crippen molar-refractivity contribution in [1.29, 1.82) is 0 Å². The van der Waals surface area contributed by atoms with Crippen LogP contribution in [0.15, 0.2) is 36.7 Å². The molecule has 0 aliphatic heterocycles. The third-order valence-corrected chi connectivity index (χ3v) is 3.14. The molecule has 4 nitrogen and oxygen atoms in total. The maximum atomic E-state index is 6.00. The predicted molar refractivity (Wildman–Crippen MR) is 81.4 cm³/mol. The monoisotopic (exact) mass is 291 g/mol. The van der Waals surface area contributed by atoms with Crippen LogP contribution in [-0.2, 0) is 0 Å². The Morgan fingerprint density at radius 1 is 1.30 bits per heavy atom. The molecule has 1 unspecified atom stereocenters. The Morgan fingerprint density at radius 3 is 2.80 bits per heavy atom. The summed E-state index contributed by atoms with van der Waals surface area (Å²) in [5.74, 6) is 1.57. The van der Waals surface area contributed by atoms with E-state index < -0.39 is 0 Å². The average Bonchev–Trinajstić information content (AvgIpc) is 2.45. The molecule has 106 valence electrons. The van der Waals surface area contributed by atoms with Crippen LogP contribution in [0.3, 0.4) is 0 Å². The number of nitrogens with zero attached hydrogens (tertiary/aromatic N) is 2. The highest BCUT2D eigenvalue weighted by atomic mass is 35.5. The highest BCUT2D eigenvalue weighted by Gasteiger charge is 2.10. The van der Waals surface area contributed by atoms with Gasteiger partial charge in [0.1, 0.15) is 22.8 Å². The predicted octanol–water partition coefficient (Wildman–Crippen LogP) is 3.71. The summed E-state index contributed by atoms with van der Waals surface area (Å²) < 4.78 is 6.00. The maximum Gasteiger partial charge on any atom is 0.149 e. The van der Waals surface area contributed by atoms with Gasteiger partial charge in [-0.05, 0) is 25.0 Å². The van der Waals surface area contributed by atoms with Crippen molar-refractivity contribution in [2.75, 3.05) is 11.9 Å². The number of benzene rings is 1. The minimum Gasteiger partial charge on any atom is -0.488 e. The smallest absolute Gasteiger partial charge is 0.149 e. The van der Waals surface area contributed by atoms with Crippen molar-refractivity contribution in [1.82, 2.24) is 9.97 Å². The van der Waals surface area contributed by atoms with Crippen LogP contribution in [0.2, 0.25) is 5.15 Å². The van der Waals surface area contributed by atoms with E-state index in [1.165, 1.54) is 6.20 Å². The normalized spacial score (nSPS) is 11.9. The summed E-state index contributed by atoms with van der Waals surface area (Å²) in [6, 6.07) is 8.00. The van der Waals surface area contributed by atoms with Gasteiger partial charge in [-0.2, -0.15) is 0 Å². The Kier molecular flexibility index (Phi) is 5.18. The number of nitrogens with one attached hydrogen (secondary N) is 1. The lowest BCUT2D eigenvalue weighted by molar-refractivity contribution is 0.208. The molecule has 20 heavy (non-hydrogen) atoms. The van der Waals surface area contributed by atoms with Crippen LogP contribution >= 0.6 is 11.6 Å². The molecule has 1 aromatic heterocycles. The molecule has 0 amide bonds. The standard InChI is InChI=1S/C15H18ClN3O/c1-3-12(20-13-7-5-4-6-11(13)2)8-18-15-10-17-9-14(16)19-15/h4-7,9-10,12H,3,8H2,1-2H3,(H,18,19). The number of ether oxygens (including phenoxy) is 1. The summed E-state index contributed by atoms with van der Waals surface area (Å²) in [7, 11) is 0. The Hall–Kier alpha value is -1.81. The fourth-order valence-corrected chi connectivity index (χ4v) is 1.93. The molecule has 1 heterocycles. The topological polar surface area (TPSA) is 47.0 Å². The second kappa shape index (κ2) is 7.10. The number of anilines is 1. The van der Waals surface area contributed by atoms with E-state index in [2.05, 4.69) is 22.2 Å². The zero-order valence-corrected chi connectivity index (χ0v) is 12.4. The zero-order chi connectivity index (χ0) is 14.4. The number of hydrogen-bond donors (Lipinski definition) is 1. The average molecular weight is 292 g/mol. The summed E-state index contributed by atoms with van der Waals surface area (Å²) in [5, 5.41) is 3.57. The highest BCUT2D eigenvalue weighted by Crippen LogP contribution is 2.19. The van der Waals surface area contributed by atoms with Gasteiger partial charge >= 0.3 is 0 Å². The molecule has 0 aliphatic rings. The minimum atomic E-state index is 0.0666. The number of rotatable bonds is 6. The molecule has 0 saturated heterocycles. The van der Waals surface area contributed by atoms with Crippen molar-refractivity contribution in [3.05, 3.63) is 47.4 Å². The Morgan fingerprint density at radius 2 is 2.10 bits per heavy atom. The number of aryl methyl sites for hydroxylation is 1. The summed E-state index contributed by atoms with van der Waals surface area (Å²) in [6.45, 7) is 4.78. The van der Waals surface area contributed by atoms with Gasteiger partial charge in [-0.1, -0.05) is 36.7 Å². The second-order valence-corrected chi connectivity index (χ2v) is 4.91. The maximum absolute atomic E-state index is 6.00. The van der Waals surface area contributed by atoms with E-state index in [4.69, 9.17) is 16.3 Å². The molecular formula is C15H18ClN3O. The van der Waals surface area contributed by atoms with Gasteiger partial charge in [0, 0.05) is 0 Å². The Bertz CT molecular complexity index is 562. The summed E-state index contributed by atoms with van der Waals surface area (Å²) in [4.78, 5) is 8.13. The van der Waals surface area contributed by atoms with E-state index in [1.807, 2.05) is 31.2 Å². The lowest BCUT2D eigenvalue weighted by atomic mass is 10.2. The molecule has 1 N–H and O–H groups in total. The third-order valence-electron chi connectivity index (χ3n) is 2.96. The van der Waals surface area contributed by atoms with Gasteiger partial charge in [0.25, 0.3) is 0 Å². The minimum absolute atomic E-state index is 0.0666. The van der Waals surface area contributed by atoms with Crippen LogP contribution in [0.4, 0.5) is 5.82 Å². The fourth-order valence-electron chi connectivity index (χ4n) is 1.78. The Balaban J connectivity index is 1.94. The number of halogens is 1. The van der Waals surface area contributed by atoms with E-state index in [1.54, 1.807) is 6.20 Å². The number of aromatic nitrogens is 2. The molecule has 2 rings (SSSR count). The molecule has 2 aromatic rings. The lowest BCUT2D eigenvalue weighted by Gasteiger charge is -2.19. The molecule has 0 bridgehead atoms. The van der Waals surface area contributed by atoms with Crippen molar-refractivity contribution in [3.8, 4) is 5.75 Å². The molecule has 0 spiro atoms. The van der Waals surface area contributed by atoms with E-state index in [9.17, 15) is 0 Å². The zero-order valence-electron chi connectivity index (χ0n) is 11.6. The molecule has 0 aliphatic carbocycles. The first kappa shape index (κ1) is 14.6. The molecule has 0 fully saturated rings. The lowest BCUT2D eigenvalue weighted by Crippen LogP contribution is -2.26. The molecule has 1 aromatic carbocycles. The van der Waals surface area contributed by atoms with Crippen LogP contribution in [-0.4, -0.2) is 22.6 Å². The summed E-state index contributed by atoms with van der Waals surface area (Å²) >= 11 is 5.80. The molecular weight excluding hydrogens is 274 g/mol. The number of hydrogen-bond acceptors (Lipinski definition) is 4. The van der Waals surface area contributed by atoms with E-state index >= 15 is 0 Å². The van der Waals surface area contributed by atoms with Gasteiger partial charge < -0.3 is 10.1 Å². The first-order chi connectivity index (χ1) is 9.69. The van der Waals surface area contributed by atoms with Crippen molar-refractivity contribution in [2.45, 2.75) is 26.4 Å². The Labute approximate surface area is 124 Å². The van der Waals surface area contributed by atoms with Gasteiger partial charge in [0.15, 0.2) is 0 Å². The van der Waals surface area contributed by atoms with Crippen molar-refractivity contribution in [2.24, 2.45) is 0 Å². The van der Waals surface area contributed by atoms with Gasteiger partial charge in [-0.3, -0.25) is 4.98 Å². The van der Waals surface area contributed by atoms with E-state index in [0.717, 1.165) is 17.7 Å².